The number of carbonyl (C=O) groups is 2. The van der Waals surface area contributed by atoms with E-state index in [4.69, 9.17) is 4.74 Å². The van der Waals surface area contributed by atoms with Crippen molar-refractivity contribution < 1.29 is 19.4 Å². The van der Waals surface area contributed by atoms with E-state index in [1.165, 1.54) is 18.3 Å². The van der Waals surface area contributed by atoms with Crippen molar-refractivity contribution in [2.24, 2.45) is 5.10 Å². The maximum absolute atomic E-state index is 12.1. The Morgan fingerprint density at radius 3 is 2.32 bits per heavy atom. The van der Waals surface area contributed by atoms with Crippen molar-refractivity contribution in [3.63, 3.8) is 0 Å². The van der Waals surface area contributed by atoms with Gasteiger partial charge >= 0.3 is 5.97 Å². The SMILES string of the molecule is Cc1ccc(C(=O)Oc2ccc(/C=N\NC(=O)c3ccccc3O)cc2)cc1. The van der Waals surface area contributed by atoms with Crippen molar-refractivity contribution in [1.29, 1.82) is 0 Å². The van der Waals surface area contributed by atoms with Gasteiger partial charge in [-0.2, -0.15) is 5.10 Å². The molecule has 0 aliphatic rings. The van der Waals surface area contributed by atoms with Crippen LogP contribution in [-0.2, 0) is 0 Å². The fourth-order valence-electron chi connectivity index (χ4n) is 2.37. The lowest BCUT2D eigenvalue weighted by Gasteiger charge is -2.05. The number of hydrogen-bond acceptors (Lipinski definition) is 5. The van der Waals surface area contributed by atoms with Gasteiger partial charge in [-0.1, -0.05) is 29.8 Å². The molecule has 3 aromatic carbocycles. The highest BCUT2D eigenvalue weighted by Crippen LogP contribution is 2.16. The van der Waals surface area contributed by atoms with Gasteiger partial charge in [0, 0.05) is 0 Å². The topological polar surface area (TPSA) is 88.0 Å². The molecule has 0 heterocycles. The number of esters is 1. The molecule has 0 spiro atoms. The number of hydrazone groups is 1. The van der Waals surface area contributed by atoms with Crippen LogP contribution >= 0.6 is 0 Å². The van der Waals surface area contributed by atoms with E-state index in [-0.39, 0.29) is 11.3 Å². The van der Waals surface area contributed by atoms with Gasteiger partial charge in [-0.3, -0.25) is 4.79 Å². The van der Waals surface area contributed by atoms with Crippen LogP contribution in [0.1, 0.15) is 31.8 Å². The molecule has 6 heteroatoms. The molecule has 0 fully saturated rings. The number of benzene rings is 3. The molecule has 2 N–H and O–H groups in total. The predicted molar refractivity (Wildman–Crippen MR) is 106 cm³/mol. The molecular formula is C22H18N2O4. The fourth-order valence-corrected chi connectivity index (χ4v) is 2.37. The van der Waals surface area contributed by atoms with Gasteiger partial charge in [0.2, 0.25) is 0 Å². The second-order valence-corrected chi connectivity index (χ2v) is 6.04. The average molecular weight is 374 g/mol. The van der Waals surface area contributed by atoms with Crippen LogP contribution < -0.4 is 10.2 Å². The van der Waals surface area contributed by atoms with Crippen molar-refractivity contribution in [3.8, 4) is 11.5 Å². The van der Waals surface area contributed by atoms with Gasteiger partial charge < -0.3 is 9.84 Å². The third kappa shape index (κ3) is 4.82. The quantitative estimate of drug-likeness (QED) is 0.309. The highest BCUT2D eigenvalue weighted by atomic mass is 16.5. The number of nitrogens with one attached hydrogen (secondary N) is 1. The lowest BCUT2D eigenvalue weighted by molar-refractivity contribution is 0.0734. The largest absolute Gasteiger partial charge is 0.507 e. The number of carbonyl (C=O) groups excluding carboxylic acids is 2. The molecule has 0 atom stereocenters. The van der Waals surface area contributed by atoms with Gasteiger partial charge in [-0.05, 0) is 61.0 Å². The zero-order chi connectivity index (χ0) is 19.9. The number of para-hydroxylation sites is 1. The van der Waals surface area contributed by atoms with Crippen LogP contribution in [0.2, 0.25) is 0 Å². The van der Waals surface area contributed by atoms with E-state index in [9.17, 15) is 14.7 Å². The summed E-state index contributed by atoms with van der Waals surface area (Å²) in [7, 11) is 0. The Morgan fingerprint density at radius 2 is 1.64 bits per heavy atom. The van der Waals surface area contributed by atoms with E-state index in [0.29, 0.717) is 16.9 Å². The van der Waals surface area contributed by atoms with Gasteiger partial charge in [0.25, 0.3) is 5.91 Å². The maximum Gasteiger partial charge on any atom is 0.343 e. The number of aromatic hydroxyl groups is 1. The minimum absolute atomic E-state index is 0.116. The zero-order valence-corrected chi connectivity index (χ0v) is 15.1. The maximum atomic E-state index is 12.1. The highest BCUT2D eigenvalue weighted by Gasteiger charge is 2.09. The van der Waals surface area contributed by atoms with Crippen LogP contribution in [0.15, 0.2) is 77.9 Å². The van der Waals surface area contributed by atoms with Crippen LogP contribution in [0.5, 0.6) is 11.5 Å². The molecule has 0 radical (unpaired) electrons. The Labute approximate surface area is 162 Å². The average Bonchev–Trinajstić information content (AvgIpc) is 2.70. The van der Waals surface area contributed by atoms with Gasteiger partial charge in [-0.15, -0.1) is 0 Å². The number of ether oxygens (including phenoxy) is 1. The van der Waals surface area contributed by atoms with Crippen LogP contribution in [0.25, 0.3) is 0 Å². The van der Waals surface area contributed by atoms with E-state index in [0.717, 1.165) is 5.56 Å². The molecule has 3 rings (SSSR count). The first-order chi connectivity index (χ1) is 13.5. The molecule has 0 aromatic heterocycles. The van der Waals surface area contributed by atoms with Crippen LogP contribution in [0.3, 0.4) is 0 Å². The Bertz CT molecular complexity index is 1010. The minimum Gasteiger partial charge on any atom is -0.507 e. The lowest BCUT2D eigenvalue weighted by atomic mass is 10.1. The fraction of sp³-hybridized carbons (Fsp3) is 0.0455. The van der Waals surface area contributed by atoms with Gasteiger partial charge in [-0.25, -0.2) is 10.2 Å². The third-order valence-corrected chi connectivity index (χ3v) is 3.91. The second-order valence-electron chi connectivity index (χ2n) is 6.04. The first-order valence-corrected chi connectivity index (χ1v) is 8.53. The summed E-state index contributed by atoms with van der Waals surface area (Å²) in [6.07, 6.45) is 1.45. The number of nitrogens with zero attached hydrogens (tertiary/aromatic N) is 1. The third-order valence-electron chi connectivity index (χ3n) is 3.91. The molecule has 0 saturated carbocycles. The summed E-state index contributed by atoms with van der Waals surface area (Å²) in [6.45, 7) is 1.94. The summed E-state index contributed by atoms with van der Waals surface area (Å²) >= 11 is 0. The second kappa shape index (κ2) is 8.64. The molecule has 0 aliphatic heterocycles. The van der Waals surface area contributed by atoms with Crippen LogP contribution in [-0.4, -0.2) is 23.2 Å². The summed E-state index contributed by atoms with van der Waals surface area (Å²) in [5.41, 5.74) is 4.72. The van der Waals surface area contributed by atoms with Crippen molar-refractivity contribution in [2.75, 3.05) is 0 Å². The molecule has 6 nitrogen and oxygen atoms in total. The number of rotatable bonds is 5. The summed E-state index contributed by atoms with van der Waals surface area (Å²) < 4.78 is 5.33. The first-order valence-electron chi connectivity index (χ1n) is 8.53. The van der Waals surface area contributed by atoms with Gasteiger partial charge in [0.15, 0.2) is 0 Å². The Kier molecular flexibility index (Phi) is 5.81. The summed E-state index contributed by atoms with van der Waals surface area (Å²) in [6, 6.07) is 20.0. The minimum atomic E-state index is -0.516. The number of hydrogen-bond donors (Lipinski definition) is 2. The van der Waals surface area contributed by atoms with E-state index in [1.54, 1.807) is 48.5 Å². The van der Waals surface area contributed by atoms with Crippen molar-refractivity contribution in [1.82, 2.24) is 5.43 Å². The molecule has 0 unspecified atom stereocenters. The summed E-state index contributed by atoms with van der Waals surface area (Å²) in [4.78, 5) is 24.0. The van der Waals surface area contributed by atoms with Gasteiger partial charge in [0.1, 0.15) is 11.5 Å². The van der Waals surface area contributed by atoms with Crippen molar-refractivity contribution >= 4 is 18.1 Å². The Morgan fingerprint density at radius 1 is 0.964 bits per heavy atom. The number of phenolic OH excluding ortho intramolecular Hbond substituents is 1. The predicted octanol–water partition coefficient (Wildman–Crippen LogP) is 3.68. The molecule has 3 aromatic rings. The molecule has 0 aliphatic carbocycles. The highest BCUT2D eigenvalue weighted by molar-refractivity contribution is 5.97. The standard InChI is InChI=1S/C22H18N2O4/c1-15-6-10-17(11-7-15)22(27)28-18-12-8-16(9-13-18)14-23-24-21(26)19-4-2-3-5-20(19)25/h2-14,25H,1H3,(H,24,26)/b23-14-. The summed E-state index contributed by atoms with van der Waals surface area (Å²) in [5, 5.41) is 13.5. The molecule has 0 bridgehead atoms. The normalized spacial score (nSPS) is 10.6. The molecular weight excluding hydrogens is 356 g/mol. The number of phenols is 1. The van der Waals surface area contributed by atoms with E-state index in [2.05, 4.69) is 10.5 Å². The Balaban J connectivity index is 1.57. The van der Waals surface area contributed by atoms with Crippen LogP contribution in [0.4, 0.5) is 0 Å². The van der Waals surface area contributed by atoms with Crippen molar-refractivity contribution in [3.05, 3.63) is 95.1 Å². The first kappa shape index (κ1) is 18.8. The van der Waals surface area contributed by atoms with Crippen molar-refractivity contribution in [2.45, 2.75) is 6.92 Å². The molecule has 140 valence electrons. The zero-order valence-electron chi connectivity index (χ0n) is 15.1. The smallest absolute Gasteiger partial charge is 0.343 e. The molecule has 0 saturated heterocycles. The number of amides is 1. The molecule has 28 heavy (non-hydrogen) atoms. The van der Waals surface area contributed by atoms with E-state index >= 15 is 0 Å². The lowest BCUT2D eigenvalue weighted by Crippen LogP contribution is -2.17. The van der Waals surface area contributed by atoms with E-state index < -0.39 is 11.9 Å². The van der Waals surface area contributed by atoms with Crippen LogP contribution in [0, 0.1) is 6.92 Å². The van der Waals surface area contributed by atoms with Gasteiger partial charge in [0.05, 0.1) is 17.3 Å². The summed E-state index contributed by atoms with van der Waals surface area (Å²) in [5.74, 6) is -0.662. The Hall–Kier alpha value is -3.93. The number of aryl methyl sites for hydroxylation is 1. The van der Waals surface area contributed by atoms with E-state index in [1.807, 2.05) is 19.1 Å². The monoisotopic (exact) mass is 374 g/mol. The molecule has 1 amide bonds.